The molecule has 3 heteroatoms. The highest BCUT2D eigenvalue weighted by atomic mass is 35.5. The van der Waals surface area contributed by atoms with Gasteiger partial charge in [0.05, 0.1) is 10.7 Å². The number of hydrogen-bond donors (Lipinski definition) is 1. The molecule has 0 aliphatic carbocycles. The van der Waals surface area contributed by atoms with E-state index in [0.29, 0.717) is 6.04 Å². The molecule has 0 spiro atoms. The molecule has 1 unspecified atom stereocenters. The summed E-state index contributed by atoms with van der Waals surface area (Å²) >= 11 is 6.51. The van der Waals surface area contributed by atoms with Gasteiger partial charge in [-0.05, 0) is 49.9 Å². The second kappa shape index (κ2) is 7.33. The number of halogens is 1. The van der Waals surface area contributed by atoms with Crippen molar-refractivity contribution >= 4 is 17.3 Å². The topological polar surface area (TPSA) is 15.3 Å². The number of nitrogens with zero attached hydrogens (tertiary/aromatic N) is 1. The van der Waals surface area contributed by atoms with Crippen molar-refractivity contribution in [2.75, 3.05) is 24.5 Å². The van der Waals surface area contributed by atoms with Gasteiger partial charge in [-0.1, -0.05) is 37.9 Å². The molecule has 1 aromatic carbocycles. The number of piperidine rings is 1. The van der Waals surface area contributed by atoms with Gasteiger partial charge in [0.1, 0.15) is 0 Å². The van der Waals surface area contributed by atoms with Crippen LogP contribution >= 0.6 is 11.6 Å². The van der Waals surface area contributed by atoms with Gasteiger partial charge in [0.15, 0.2) is 0 Å². The van der Waals surface area contributed by atoms with Crippen LogP contribution in [0.15, 0.2) is 18.2 Å². The normalized spacial score (nSPS) is 18.3. The zero-order valence-electron chi connectivity index (χ0n) is 13.0. The maximum atomic E-state index is 6.51. The van der Waals surface area contributed by atoms with Crippen LogP contribution < -0.4 is 10.2 Å². The van der Waals surface area contributed by atoms with Crippen molar-refractivity contribution in [3.8, 4) is 0 Å². The van der Waals surface area contributed by atoms with Crippen molar-refractivity contribution < 1.29 is 0 Å². The lowest BCUT2D eigenvalue weighted by Crippen LogP contribution is -2.33. The lowest BCUT2D eigenvalue weighted by Gasteiger charge is -2.34. The van der Waals surface area contributed by atoms with Gasteiger partial charge in [-0.2, -0.15) is 0 Å². The van der Waals surface area contributed by atoms with Crippen molar-refractivity contribution in [2.45, 2.75) is 46.1 Å². The first-order chi connectivity index (χ1) is 9.65. The maximum Gasteiger partial charge on any atom is 0.0642 e. The molecular formula is C17H27ClN2. The lowest BCUT2D eigenvalue weighted by atomic mass is 9.94. The first kappa shape index (κ1) is 15.7. The van der Waals surface area contributed by atoms with Crippen molar-refractivity contribution in [1.29, 1.82) is 0 Å². The van der Waals surface area contributed by atoms with Crippen LogP contribution in [0.4, 0.5) is 5.69 Å². The average Bonchev–Trinajstić information content (AvgIpc) is 2.47. The Balaban J connectivity index is 2.06. The van der Waals surface area contributed by atoms with E-state index in [1.807, 2.05) is 0 Å². The van der Waals surface area contributed by atoms with E-state index in [4.69, 9.17) is 11.6 Å². The smallest absolute Gasteiger partial charge is 0.0642 e. The third-order valence-corrected chi connectivity index (χ3v) is 4.82. The van der Waals surface area contributed by atoms with Crippen LogP contribution in [0.25, 0.3) is 0 Å². The summed E-state index contributed by atoms with van der Waals surface area (Å²) in [7, 11) is 0. The fourth-order valence-corrected chi connectivity index (χ4v) is 3.36. The minimum atomic E-state index is 0.359. The van der Waals surface area contributed by atoms with Crippen LogP contribution in [0.3, 0.4) is 0 Å². The van der Waals surface area contributed by atoms with E-state index >= 15 is 0 Å². The highest BCUT2D eigenvalue weighted by molar-refractivity contribution is 6.33. The molecule has 0 bridgehead atoms. The van der Waals surface area contributed by atoms with Crippen molar-refractivity contribution in [3.05, 3.63) is 28.8 Å². The zero-order valence-corrected chi connectivity index (χ0v) is 13.7. The van der Waals surface area contributed by atoms with Gasteiger partial charge in [-0.25, -0.2) is 0 Å². The van der Waals surface area contributed by atoms with E-state index in [-0.39, 0.29) is 0 Å². The Morgan fingerprint density at radius 2 is 2.00 bits per heavy atom. The molecular weight excluding hydrogens is 268 g/mol. The van der Waals surface area contributed by atoms with Crippen molar-refractivity contribution in [1.82, 2.24) is 5.32 Å². The monoisotopic (exact) mass is 294 g/mol. The molecule has 1 heterocycles. The summed E-state index contributed by atoms with van der Waals surface area (Å²) in [4.78, 5) is 2.44. The molecule has 112 valence electrons. The molecule has 1 atom stereocenters. The van der Waals surface area contributed by atoms with Gasteiger partial charge >= 0.3 is 0 Å². The van der Waals surface area contributed by atoms with E-state index in [9.17, 15) is 0 Å². The Labute approximate surface area is 128 Å². The molecule has 1 aliphatic heterocycles. The third-order valence-electron chi connectivity index (χ3n) is 4.51. The summed E-state index contributed by atoms with van der Waals surface area (Å²) in [6.07, 6.45) is 3.89. The Morgan fingerprint density at radius 1 is 1.30 bits per heavy atom. The molecule has 0 radical (unpaired) electrons. The van der Waals surface area contributed by atoms with Gasteiger partial charge in [0.25, 0.3) is 0 Å². The molecule has 1 N–H and O–H groups in total. The molecule has 0 amide bonds. The van der Waals surface area contributed by atoms with E-state index < -0.39 is 0 Å². The van der Waals surface area contributed by atoms with E-state index in [1.54, 1.807) is 0 Å². The standard InChI is InChI=1S/C17H27ClN2/c1-4-14-8-10-20(11-9-14)17-7-6-15(12-16(17)18)13(3)19-5-2/h6-7,12-14,19H,4-5,8-11H2,1-3H3. The molecule has 20 heavy (non-hydrogen) atoms. The van der Waals surface area contributed by atoms with Gasteiger partial charge in [0.2, 0.25) is 0 Å². The summed E-state index contributed by atoms with van der Waals surface area (Å²) in [6.45, 7) is 9.86. The molecule has 1 aromatic rings. The molecule has 0 aromatic heterocycles. The largest absolute Gasteiger partial charge is 0.370 e. The van der Waals surface area contributed by atoms with E-state index in [1.165, 1.54) is 30.5 Å². The predicted octanol–water partition coefficient (Wildman–Crippen LogP) is 4.64. The molecule has 1 fully saturated rings. The minimum absolute atomic E-state index is 0.359. The van der Waals surface area contributed by atoms with Crippen LogP contribution in [0.2, 0.25) is 5.02 Å². The molecule has 1 saturated heterocycles. The number of rotatable bonds is 5. The zero-order chi connectivity index (χ0) is 14.5. The van der Waals surface area contributed by atoms with Crippen LogP contribution in [0.1, 0.15) is 51.6 Å². The maximum absolute atomic E-state index is 6.51. The van der Waals surface area contributed by atoms with Crippen LogP contribution in [0.5, 0.6) is 0 Å². The first-order valence-electron chi connectivity index (χ1n) is 7.93. The van der Waals surface area contributed by atoms with Gasteiger partial charge in [-0.3, -0.25) is 0 Å². The summed E-state index contributed by atoms with van der Waals surface area (Å²) in [6, 6.07) is 6.88. The van der Waals surface area contributed by atoms with Crippen LogP contribution in [0, 0.1) is 5.92 Å². The highest BCUT2D eigenvalue weighted by Crippen LogP contribution is 2.32. The molecule has 2 rings (SSSR count). The number of nitrogens with one attached hydrogen (secondary N) is 1. The van der Waals surface area contributed by atoms with Gasteiger partial charge in [-0.15, -0.1) is 0 Å². The lowest BCUT2D eigenvalue weighted by molar-refractivity contribution is 0.395. The Morgan fingerprint density at radius 3 is 2.55 bits per heavy atom. The summed E-state index contributed by atoms with van der Waals surface area (Å²) in [5, 5.41) is 4.32. The molecule has 1 aliphatic rings. The Kier molecular flexibility index (Phi) is 5.74. The molecule has 2 nitrogen and oxygen atoms in total. The van der Waals surface area contributed by atoms with Gasteiger partial charge in [0, 0.05) is 19.1 Å². The SMILES string of the molecule is CCNC(C)c1ccc(N2CCC(CC)CC2)c(Cl)c1. The van der Waals surface area contributed by atoms with Crippen LogP contribution in [-0.2, 0) is 0 Å². The quantitative estimate of drug-likeness (QED) is 0.851. The highest BCUT2D eigenvalue weighted by Gasteiger charge is 2.20. The first-order valence-corrected chi connectivity index (χ1v) is 8.31. The Hall–Kier alpha value is -0.730. The minimum Gasteiger partial charge on any atom is -0.370 e. The van der Waals surface area contributed by atoms with Crippen molar-refractivity contribution in [3.63, 3.8) is 0 Å². The van der Waals surface area contributed by atoms with E-state index in [0.717, 1.165) is 30.6 Å². The predicted molar refractivity (Wildman–Crippen MR) is 88.8 cm³/mol. The summed E-state index contributed by atoms with van der Waals surface area (Å²) < 4.78 is 0. The fourth-order valence-electron chi connectivity index (χ4n) is 3.06. The van der Waals surface area contributed by atoms with E-state index in [2.05, 4.69) is 49.2 Å². The third kappa shape index (κ3) is 3.67. The summed E-state index contributed by atoms with van der Waals surface area (Å²) in [5.74, 6) is 0.901. The Bertz CT molecular complexity index is 425. The van der Waals surface area contributed by atoms with Crippen molar-refractivity contribution in [2.24, 2.45) is 5.92 Å². The van der Waals surface area contributed by atoms with Crippen LogP contribution in [-0.4, -0.2) is 19.6 Å². The summed E-state index contributed by atoms with van der Waals surface area (Å²) in [5.41, 5.74) is 2.47. The number of benzene rings is 1. The molecule has 0 saturated carbocycles. The number of hydrogen-bond acceptors (Lipinski definition) is 2. The second-order valence-corrected chi connectivity index (χ2v) is 6.24. The second-order valence-electron chi connectivity index (χ2n) is 5.83. The van der Waals surface area contributed by atoms with Gasteiger partial charge < -0.3 is 10.2 Å². The average molecular weight is 295 g/mol. The fraction of sp³-hybridized carbons (Fsp3) is 0.647. The number of anilines is 1.